The Morgan fingerprint density at radius 1 is 1.25 bits per heavy atom. The van der Waals surface area contributed by atoms with Gasteiger partial charge < -0.3 is 10.1 Å². The molecule has 0 unspecified atom stereocenters. The van der Waals surface area contributed by atoms with Crippen LogP contribution >= 0.6 is 0 Å². The van der Waals surface area contributed by atoms with Gasteiger partial charge in [0.15, 0.2) is 0 Å². The highest BCUT2D eigenvalue weighted by Gasteiger charge is 2.15. The van der Waals surface area contributed by atoms with Gasteiger partial charge in [-0.15, -0.1) is 0 Å². The average molecular weight is 277 g/mol. The van der Waals surface area contributed by atoms with Gasteiger partial charge in [-0.25, -0.2) is 4.98 Å². The number of nitrogens with zero attached hydrogens (tertiary/aromatic N) is 2. The Kier molecular flexibility index (Phi) is 5.62. The van der Waals surface area contributed by atoms with Crippen molar-refractivity contribution < 1.29 is 4.74 Å². The first-order chi connectivity index (χ1) is 9.69. The third-order valence-electron chi connectivity index (χ3n) is 3.65. The highest BCUT2D eigenvalue weighted by atomic mass is 16.5. The molecule has 0 aromatic carbocycles. The molecule has 1 aliphatic rings. The van der Waals surface area contributed by atoms with Crippen LogP contribution in [0.3, 0.4) is 0 Å². The second-order valence-electron chi connectivity index (χ2n) is 5.93. The summed E-state index contributed by atoms with van der Waals surface area (Å²) in [5.74, 6) is 2.79. The summed E-state index contributed by atoms with van der Waals surface area (Å²) in [6, 6.07) is 2.49. The van der Waals surface area contributed by atoms with E-state index in [0.29, 0.717) is 24.4 Å². The minimum Gasteiger partial charge on any atom is -0.478 e. The fraction of sp³-hybridized carbons (Fsp3) is 0.750. The van der Waals surface area contributed by atoms with Crippen LogP contribution in [0, 0.1) is 0 Å². The molecule has 1 saturated carbocycles. The smallest absolute Gasteiger partial charge is 0.218 e. The van der Waals surface area contributed by atoms with E-state index < -0.39 is 0 Å². The first-order valence-corrected chi connectivity index (χ1v) is 7.97. The second-order valence-corrected chi connectivity index (χ2v) is 5.93. The van der Waals surface area contributed by atoms with Crippen molar-refractivity contribution in [3.63, 3.8) is 0 Å². The SMILES string of the molecule is CCCOc1cc(NC2CCCCC2)nc(C(C)C)n1. The molecule has 1 N–H and O–H groups in total. The molecule has 112 valence electrons. The van der Waals surface area contributed by atoms with Crippen molar-refractivity contribution in [2.24, 2.45) is 0 Å². The molecule has 20 heavy (non-hydrogen) atoms. The van der Waals surface area contributed by atoms with Gasteiger partial charge in [0.25, 0.3) is 0 Å². The molecule has 0 bridgehead atoms. The molecular formula is C16H27N3O. The highest BCUT2D eigenvalue weighted by Crippen LogP contribution is 2.24. The van der Waals surface area contributed by atoms with Crippen LogP contribution in [0.4, 0.5) is 5.82 Å². The van der Waals surface area contributed by atoms with Gasteiger partial charge in [0.1, 0.15) is 11.6 Å². The molecule has 1 aliphatic carbocycles. The molecule has 1 aromatic rings. The van der Waals surface area contributed by atoms with Gasteiger partial charge in [-0.3, -0.25) is 0 Å². The van der Waals surface area contributed by atoms with Gasteiger partial charge in [0.05, 0.1) is 6.61 Å². The van der Waals surface area contributed by atoms with Crippen molar-refractivity contribution in [3.05, 3.63) is 11.9 Å². The monoisotopic (exact) mass is 277 g/mol. The van der Waals surface area contributed by atoms with Crippen molar-refractivity contribution in [3.8, 4) is 5.88 Å². The molecule has 0 radical (unpaired) electrons. The van der Waals surface area contributed by atoms with Crippen LogP contribution in [0.2, 0.25) is 0 Å². The number of ether oxygens (including phenoxy) is 1. The maximum Gasteiger partial charge on any atom is 0.218 e. The van der Waals surface area contributed by atoms with E-state index in [1.165, 1.54) is 32.1 Å². The Morgan fingerprint density at radius 3 is 2.65 bits per heavy atom. The minimum atomic E-state index is 0.312. The van der Waals surface area contributed by atoms with E-state index in [0.717, 1.165) is 18.1 Å². The summed E-state index contributed by atoms with van der Waals surface area (Å²) in [5, 5.41) is 3.56. The number of rotatable bonds is 6. The summed E-state index contributed by atoms with van der Waals surface area (Å²) in [7, 11) is 0. The van der Waals surface area contributed by atoms with Gasteiger partial charge in [-0.2, -0.15) is 4.98 Å². The predicted molar refractivity (Wildman–Crippen MR) is 82.4 cm³/mol. The molecule has 2 rings (SSSR count). The van der Waals surface area contributed by atoms with E-state index in [1.54, 1.807) is 0 Å². The normalized spacial score (nSPS) is 16.4. The van der Waals surface area contributed by atoms with Gasteiger partial charge in [-0.05, 0) is 19.3 Å². The molecular weight excluding hydrogens is 250 g/mol. The number of hydrogen-bond donors (Lipinski definition) is 1. The molecule has 0 saturated heterocycles. The van der Waals surface area contributed by atoms with Crippen LogP contribution in [-0.2, 0) is 0 Å². The first kappa shape index (κ1) is 15.1. The predicted octanol–water partition coefficient (Wildman–Crippen LogP) is 4.13. The summed E-state index contributed by atoms with van der Waals surface area (Å²) in [5.41, 5.74) is 0. The van der Waals surface area contributed by atoms with E-state index in [2.05, 4.69) is 36.1 Å². The lowest BCUT2D eigenvalue weighted by atomic mass is 9.95. The Balaban J connectivity index is 2.10. The van der Waals surface area contributed by atoms with Crippen molar-refractivity contribution in [1.29, 1.82) is 0 Å². The maximum atomic E-state index is 5.68. The highest BCUT2D eigenvalue weighted by molar-refractivity contribution is 5.40. The van der Waals surface area contributed by atoms with E-state index >= 15 is 0 Å². The summed E-state index contributed by atoms with van der Waals surface area (Å²) < 4.78 is 5.68. The summed E-state index contributed by atoms with van der Waals surface area (Å²) in [6.45, 7) is 7.04. The van der Waals surface area contributed by atoms with Gasteiger partial charge >= 0.3 is 0 Å². The number of anilines is 1. The van der Waals surface area contributed by atoms with Crippen LogP contribution in [0.25, 0.3) is 0 Å². The average Bonchev–Trinajstić information content (AvgIpc) is 2.46. The molecule has 1 heterocycles. The summed E-state index contributed by atoms with van der Waals surface area (Å²) >= 11 is 0. The Labute approximate surface area is 122 Å². The van der Waals surface area contributed by atoms with Gasteiger partial charge in [0.2, 0.25) is 5.88 Å². The maximum absolute atomic E-state index is 5.68. The molecule has 1 fully saturated rings. The zero-order chi connectivity index (χ0) is 14.4. The lowest BCUT2D eigenvalue weighted by Crippen LogP contribution is -2.23. The molecule has 0 atom stereocenters. The Bertz CT molecular complexity index is 414. The van der Waals surface area contributed by atoms with Crippen molar-refractivity contribution in [2.75, 3.05) is 11.9 Å². The van der Waals surface area contributed by atoms with Crippen LogP contribution in [0.15, 0.2) is 6.07 Å². The Hall–Kier alpha value is -1.32. The lowest BCUT2D eigenvalue weighted by Gasteiger charge is -2.23. The van der Waals surface area contributed by atoms with Gasteiger partial charge in [-0.1, -0.05) is 40.0 Å². The third-order valence-corrected chi connectivity index (χ3v) is 3.65. The van der Waals surface area contributed by atoms with Crippen molar-refractivity contribution >= 4 is 5.82 Å². The van der Waals surface area contributed by atoms with Crippen molar-refractivity contribution in [2.45, 2.75) is 71.3 Å². The van der Waals surface area contributed by atoms with E-state index in [1.807, 2.05) is 6.07 Å². The third kappa shape index (κ3) is 4.36. The van der Waals surface area contributed by atoms with E-state index in [4.69, 9.17) is 4.74 Å². The molecule has 4 heteroatoms. The topological polar surface area (TPSA) is 47.0 Å². The minimum absolute atomic E-state index is 0.312. The standard InChI is InChI=1S/C16H27N3O/c1-4-10-20-15-11-14(18-16(19-15)12(2)3)17-13-8-6-5-7-9-13/h11-13H,4-10H2,1-3H3,(H,17,18,19). The van der Waals surface area contributed by atoms with Crippen LogP contribution < -0.4 is 10.1 Å². The Morgan fingerprint density at radius 2 is 2.00 bits per heavy atom. The first-order valence-electron chi connectivity index (χ1n) is 7.97. The number of aromatic nitrogens is 2. The number of nitrogens with one attached hydrogen (secondary N) is 1. The quantitative estimate of drug-likeness (QED) is 0.849. The fourth-order valence-corrected chi connectivity index (χ4v) is 2.51. The largest absolute Gasteiger partial charge is 0.478 e. The van der Waals surface area contributed by atoms with Gasteiger partial charge in [0, 0.05) is 18.0 Å². The number of hydrogen-bond acceptors (Lipinski definition) is 4. The van der Waals surface area contributed by atoms with Crippen LogP contribution in [0.5, 0.6) is 5.88 Å². The zero-order valence-electron chi connectivity index (χ0n) is 13.0. The van der Waals surface area contributed by atoms with E-state index in [-0.39, 0.29) is 0 Å². The molecule has 0 spiro atoms. The second kappa shape index (κ2) is 7.46. The summed E-state index contributed by atoms with van der Waals surface area (Å²) in [6.07, 6.45) is 7.48. The molecule has 0 amide bonds. The van der Waals surface area contributed by atoms with Crippen LogP contribution in [-0.4, -0.2) is 22.6 Å². The summed E-state index contributed by atoms with van der Waals surface area (Å²) in [4.78, 5) is 9.12. The molecule has 4 nitrogen and oxygen atoms in total. The van der Waals surface area contributed by atoms with Crippen molar-refractivity contribution in [1.82, 2.24) is 9.97 Å². The van der Waals surface area contributed by atoms with E-state index in [9.17, 15) is 0 Å². The lowest BCUT2D eigenvalue weighted by molar-refractivity contribution is 0.303. The van der Waals surface area contributed by atoms with Crippen LogP contribution in [0.1, 0.15) is 71.0 Å². The molecule has 0 aliphatic heterocycles. The zero-order valence-corrected chi connectivity index (χ0v) is 13.0. The fourth-order valence-electron chi connectivity index (χ4n) is 2.51. The molecule has 1 aromatic heterocycles.